The smallest absolute Gasteiger partial charge is 0.237 e. The van der Waals surface area contributed by atoms with Crippen LogP contribution in [0.4, 0.5) is 0 Å². The SMILES string of the molecule is COc1cccc(C(C)NC(C)(C)C(N)=O)c1. The molecular formula is C13H20N2O2. The van der Waals surface area contributed by atoms with Gasteiger partial charge < -0.3 is 10.5 Å². The zero-order chi connectivity index (χ0) is 13.1. The summed E-state index contributed by atoms with van der Waals surface area (Å²) in [7, 11) is 1.63. The number of ether oxygens (including phenoxy) is 1. The van der Waals surface area contributed by atoms with E-state index in [4.69, 9.17) is 10.5 Å². The molecule has 0 saturated heterocycles. The molecule has 1 aromatic rings. The van der Waals surface area contributed by atoms with E-state index < -0.39 is 5.54 Å². The first kappa shape index (κ1) is 13.5. The third-order valence-electron chi connectivity index (χ3n) is 2.79. The maximum absolute atomic E-state index is 11.2. The van der Waals surface area contributed by atoms with E-state index in [2.05, 4.69) is 5.32 Å². The molecule has 0 aliphatic heterocycles. The quantitative estimate of drug-likeness (QED) is 0.816. The molecule has 0 bridgehead atoms. The summed E-state index contributed by atoms with van der Waals surface area (Å²) >= 11 is 0. The molecule has 3 N–H and O–H groups in total. The minimum atomic E-state index is -0.734. The van der Waals surface area contributed by atoms with Crippen LogP contribution in [-0.2, 0) is 4.79 Å². The molecule has 0 saturated carbocycles. The molecule has 0 aliphatic carbocycles. The van der Waals surface area contributed by atoms with Crippen LogP contribution in [-0.4, -0.2) is 18.6 Å². The van der Waals surface area contributed by atoms with Gasteiger partial charge in [-0.15, -0.1) is 0 Å². The van der Waals surface area contributed by atoms with Gasteiger partial charge in [0.2, 0.25) is 5.91 Å². The Labute approximate surface area is 102 Å². The standard InChI is InChI=1S/C13H20N2O2/c1-9(15-13(2,3)12(14)16)10-6-5-7-11(8-10)17-4/h5-9,15H,1-4H3,(H2,14,16). The van der Waals surface area contributed by atoms with Gasteiger partial charge in [0, 0.05) is 6.04 Å². The minimum Gasteiger partial charge on any atom is -0.497 e. The van der Waals surface area contributed by atoms with Crippen molar-refractivity contribution in [3.63, 3.8) is 0 Å². The van der Waals surface area contributed by atoms with Crippen LogP contribution < -0.4 is 15.8 Å². The fourth-order valence-electron chi connectivity index (χ4n) is 1.61. The number of primary amides is 1. The summed E-state index contributed by atoms with van der Waals surface area (Å²) in [6, 6.07) is 7.75. The number of hydrogen-bond donors (Lipinski definition) is 2. The molecule has 1 aromatic carbocycles. The predicted octanol–water partition coefficient (Wildman–Crippen LogP) is 1.61. The highest BCUT2D eigenvalue weighted by Crippen LogP contribution is 2.20. The first-order valence-corrected chi connectivity index (χ1v) is 5.58. The van der Waals surface area contributed by atoms with E-state index in [0.29, 0.717) is 0 Å². The highest BCUT2D eigenvalue weighted by Gasteiger charge is 2.26. The van der Waals surface area contributed by atoms with Crippen molar-refractivity contribution in [3.8, 4) is 5.75 Å². The molecule has 4 heteroatoms. The van der Waals surface area contributed by atoms with E-state index in [1.54, 1.807) is 21.0 Å². The maximum atomic E-state index is 11.2. The number of nitrogens with two attached hydrogens (primary N) is 1. The maximum Gasteiger partial charge on any atom is 0.237 e. The van der Waals surface area contributed by atoms with Crippen molar-refractivity contribution in [1.29, 1.82) is 0 Å². The number of nitrogens with one attached hydrogen (secondary N) is 1. The van der Waals surface area contributed by atoms with Crippen molar-refractivity contribution < 1.29 is 9.53 Å². The Morgan fingerprint density at radius 2 is 2.12 bits per heavy atom. The fourth-order valence-corrected chi connectivity index (χ4v) is 1.61. The first-order valence-electron chi connectivity index (χ1n) is 5.58. The van der Waals surface area contributed by atoms with Gasteiger partial charge in [-0.25, -0.2) is 0 Å². The van der Waals surface area contributed by atoms with Gasteiger partial charge >= 0.3 is 0 Å². The van der Waals surface area contributed by atoms with Crippen LogP contribution in [0.1, 0.15) is 32.4 Å². The fraction of sp³-hybridized carbons (Fsp3) is 0.462. The van der Waals surface area contributed by atoms with Crippen molar-refractivity contribution in [2.45, 2.75) is 32.4 Å². The Bertz CT molecular complexity index is 402. The predicted molar refractivity (Wildman–Crippen MR) is 67.8 cm³/mol. The molecule has 17 heavy (non-hydrogen) atoms. The number of amides is 1. The van der Waals surface area contributed by atoms with Crippen LogP contribution in [0, 0.1) is 0 Å². The van der Waals surface area contributed by atoms with Crippen molar-refractivity contribution in [2.24, 2.45) is 5.73 Å². The zero-order valence-electron chi connectivity index (χ0n) is 10.8. The molecule has 0 fully saturated rings. The molecule has 0 spiro atoms. The molecule has 1 unspecified atom stereocenters. The lowest BCUT2D eigenvalue weighted by atomic mass is 10.0. The lowest BCUT2D eigenvalue weighted by molar-refractivity contribution is -0.123. The average molecular weight is 236 g/mol. The van der Waals surface area contributed by atoms with Crippen molar-refractivity contribution >= 4 is 5.91 Å². The monoisotopic (exact) mass is 236 g/mol. The van der Waals surface area contributed by atoms with Crippen LogP contribution in [0.3, 0.4) is 0 Å². The topological polar surface area (TPSA) is 64.3 Å². The Morgan fingerprint density at radius 3 is 2.65 bits per heavy atom. The van der Waals surface area contributed by atoms with Crippen LogP contribution in [0.2, 0.25) is 0 Å². The first-order chi connectivity index (χ1) is 7.86. The second-order valence-corrected chi connectivity index (χ2v) is 4.63. The number of carbonyl (C=O) groups excluding carboxylic acids is 1. The minimum absolute atomic E-state index is 0.0209. The molecule has 1 rings (SSSR count). The normalized spacial score (nSPS) is 13.2. The van der Waals surface area contributed by atoms with Crippen LogP contribution >= 0.6 is 0 Å². The molecule has 0 aliphatic rings. The highest BCUT2D eigenvalue weighted by atomic mass is 16.5. The molecular weight excluding hydrogens is 216 g/mol. The number of hydrogen-bond acceptors (Lipinski definition) is 3. The summed E-state index contributed by atoms with van der Waals surface area (Å²) < 4.78 is 5.16. The summed E-state index contributed by atoms with van der Waals surface area (Å²) in [6.07, 6.45) is 0. The van der Waals surface area contributed by atoms with Crippen molar-refractivity contribution in [1.82, 2.24) is 5.32 Å². The summed E-state index contributed by atoms with van der Waals surface area (Å²) in [4.78, 5) is 11.2. The third kappa shape index (κ3) is 3.46. The third-order valence-corrected chi connectivity index (χ3v) is 2.79. The Hall–Kier alpha value is -1.55. The zero-order valence-corrected chi connectivity index (χ0v) is 10.8. The summed E-state index contributed by atoms with van der Waals surface area (Å²) in [5.41, 5.74) is 5.65. The number of methoxy groups -OCH3 is 1. The second kappa shape index (κ2) is 5.19. The Kier molecular flexibility index (Phi) is 4.12. The number of benzene rings is 1. The lowest BCUT2D eigenvalue weighted by Gasteiger charge is -2.27. The molecule has 4 nitrogen and oxygen atoms in total. The lowest BCUT2D eigenvalue weighted by Crippen LogP contribution is -2.51. The van der Waals surface area contributed by atoms with E-state index in [-0.39, 0.29) is 11.9 Å². The van der Waals surface area contributed by atoms with Crippen molar-refractivity contribution in [2.75, 3.05) is 7.11 Å². The molecule has 94 valence electrons. The van der Waals surface area contributed by atoms with E-state index in [0.717, 1.165) is 11.3 Å². The van der Waals surface area contributed by atoms with Crippen molar-refractivity contribution in [3.05, 3.63) is 29.8 Å². The second-order valence-electron chi connectivity index (χ2n) is 4.63. The van der Waals surface area contributed by atoms with Gasteiger partial charge in [-0.05, 0) is 38.5 Å². The van der Waals surface area contributed by atoms with Crippen LogP contribution in [0.5, 0.6) is 5.75 Å². The molecule has 1 atom stereocenters. The van der Waals surface area contributed by atoms with Gasteiger partial charge in [0.1, 0.15) is 5.75 Å². The Balaban J connectivity index is 2.82. The van der Waals surface area contributed by atoms with Gasteiger partial charge in [-0.1, -0.05) is 12.1 Å². The van der Waals surface area contributed by atoms with Crippen LogP contribution in [0.15, 0.2) is 24.3 Å². The van der Waals surface area contributed by atoms with Crippen LogP contribution in [0.25, 0.3) is 0 Å². The van der Waals surface area contributed by atoms with E-state index in [1.807, 2.05) is 31.2 Å². The number of carbonyl (C=O) groups is 1. The highest BCUT2D eigenvalue weighted by molar-refractivity contribution is 5.83. The summed E-state index contributed by atoms with van der Waals surface area (Å²) in [5.74, 6) is 0.431. The van der Waals surface area contributed by atoms with Gasteiger partial charge in [0.25, 0.3) is 0 Å². The van der Waals surface area contributed by atoms with E-state index in [1.165, 1.54) is 0 Å². The Morgan fingerprint density at radius 1 is 1.47 bits per heavy atom. The summed E-state index contributed by atoms with van der Waals surface area (Å²) in [5, 5.41) is 3.19. The molecule has 0 radical (unpaired) electrons. The largest absolute Gasteiger partial charge is 0.497 e. The summed E-state index contributed by atoms with van der Waals surface area (Å²) in [6.45, 7) is 5.53. The van der Waals surface area contributed by atoms with Gasteiger partial charge in [-0.2, -0.15) is 0 Å². The average Bonchev–Trinajstić information content (AvgIpc) is 2.28. The van der Waals surface area contributed by atoms with E-state index >= 15 is 0 Å². The number of rotatable bonds is 5. The molecule has 0 heterocycles. The molecule has 1 amide bonds. The van der Waals surface area contributed by atoms with Gasteiger partial charge in [0.05, 0.1) is 12.6 Å². The van der Waals surface area contributed by atoms with Gasteiger partial charge in [-0.3, -0.25) is 10.1 Å². The molecule has 0 aromatic heterocycles. The van der Waals surface area contributed by atoms with E-state index in [9.17, 15) is 4.79 Å². The van der Waals surface area contributed by atoms with Gasteiger partial charge in [0.15, 0.2) is 0 Å².